The molecule has 0 atom stereocenters. The molecule has 1 fully saturated rings. The van der Waals surface area contributed by atoms with Crippen molar-refractivity contribution in [2.45, 2.75) is 19.8 Å². The molecule has 2 rings (SSSR count). The maximum Gasteiger partial charge on any atom is 0.251 e. The Hall–Kier alpha value is -2.04. The molecular weight excluding hydrogens is 268 g/mol. The summed E-state index contributed by atoms with van der Waals surface area (Å²) >= 11 is 0. The van der Waals surface area contributed by atoms with Gasteiger partial charge in [-0.2, -0.15) is 0 Å². The zero-order valence-electron chi connectivity index (χ0n) is 12.6. The lowest BCUT2D eigenvalue weighted by atomic mass is 9.99. The first kappa shape index (κ1) is 15.4. The smallest absolute Gasteiger partial charge is 0.251 e. The molecule has 0 aromatic heterocycles. The van der Waals surface area contributed by atoms with Crippen LogP contribution in [0.3, 0.4) is 0 Å². The van der Waals surface area contributed by atoms with E-state index in [-0.39, 0.29) is 18.4 Å². The van der Waals surface area contributed by atoms with Crippen LogP contribution in [0.2, 0.25) is 0 Å². The first-order valence-corrected chi connectivity index (χ1v) is 7.30. The van der Waals surface area contributed by atoms with E-state index in [0.717, 1.165) is 25.9 Å². The van der Waals surface area contributed by atoms with Gasteiger partial charge < -0.3 is 15.0 Å². The molecule has 1 aliphatic rings. The van der Waals surface area contributed by atoms with Gasteiger partial charge in [-0.05, 0) is 37.0 Å². The van der Waals surface area contributed by atoms with Crippen LogP contribution in [0.15, 0.2) is 24.3 Å². The van der Waals surface area contributed by atoms with Gasteiger partial charge in [0.05, 0.1) is 13.7 Å². The Morgan fingerprint density at radius 2 is 2.05 bits per heavy atom. The number of hydrogen-bond donors (Lipinski definition) is 1. The molecule has 5 nitrogen and oxygen atoms in total. The molecule has 1 aliphatic heterocycles. The number of ether oxygens (including phenoxy) is 1. The number of benzene rings is 1. The zero-order valence-corrected chi connectivity index (χ0v) is 12.6. The molecule has 0 aliphatic carbocycles. The van der Waals surface area contributed by atoms with Gasteiger partial charge in [0, 0.05) is 18.7 Å². The summed E-state index contributed by atoms with van der Waals surface area (Å²) in [7, 11) is 1.55. The van der Waals surface area contributed by atoms with Gasteiger partial charge in [-0.15, -0.1) is 0 Å². The molecule has 1 N–H and O–H groups in total. The lowest BCUT2D eigenvalue weighted by Gasteiger charge is -2.30. The Kier molecular flexibility index (Phi) is 5.20. The minimum absolute atomic E-state index is 0.0156. The van der Waals surface area contributed by atoms with E-state index in [1.165, 1.54) is 0 Å². The summed E-state index contributed by atoms with van der Waals surface area (Å²) in [6.07, 6.45) is 2.07. The predicted molar refractivity (Wildman–Crippen MR) is 80.3 cm³/mol. The summed E-state index contributed by atoms with van der Waals surface area (Å²) < 4.78 is 5.08. The molecule has 0 spiro atoms. The fourth-order valence-corrected chi connectivity index (χ4v) is 2.39. The van der Waals surface area contributed by atoms with Crippen LogP contribution in [0.25, 0.3) is 0 Å². The molecule has 21 heavy (non-hydrogen) atoms. The van der Waals surface area contributed by atoms with Gasteiger partial charge >= 0.3 is 0 Å². The molecule has 2 amide bonds. The number of carbonyl (C=O) groups excluding carboxylic acids is 2. The second-order valence-electron chi connectivity index (χ2n) is 5.48. The average molecular weight is 290 g/mol. The largest absolute Gasteiger partial charge is 0.497 e. The number of rotatable bonds is 4. The molecule has 1 aromatic carbocycles. The van der Waals surface area contributed by atoms with Gasteiger partial charge in [0.1, 0.15) is 5.75 Å². The fraction of sp³-hybridized carbons (Fsp3) is 0.500. The summed E-state index contributed by atoms with van der Waals surface area (Å²) in [5.74, 6) is 1.03. The van der Waals surface area contributed by atoms with Crippen LogP contribution in [0, 0.1) is 5.92 Å². The van der Waals surface area contributed by atoms with Crippen molar-refractivity contribution >= 4 is 11.8 Å². The van der Waals surface area contributed by atoms with Crippen LogP contribution in [0.5, 0.6) is 5.75 Å². The highest BCUT2D eigenvalue weighted by atomic mass is 16.5. The van der Waals surface area contributed by atoms with Crippen molar-refractivity contribution < 1.29 is 14.3 Å². The third kappa shape index (κ3) is 4.21. The lowest BCUT2D eigenvalue weighted by Crippen LogP contribution is -2.43. The van der Waals surface area contributed by atoms with E-state index in [4.69, 9.17) is 4.74 Å². The van der Waals surface area contributed by atoms with E-state index in [9.17, 15) is 9.59 Å². The van der Waals surface area contributed by atoms with Gasteiger partial charge in [-0.1, -0.05) is 13.0 Å². The first-order valence-electron chi connectivity index (χ1n) is 7.30. The van der Waals surface area contributed by atoms with Crippen molar-refractivity contribution in [1.82, 2.24) is 10.2 Å². The Morgan fingerprint density at radius 3 is 2.71 bits per heavy atom. The summed E-state index contributed by atoms with van der Waals surface area (Å²) in [5, 5.41) is 2.67. The molecular formula is C16H22N2O3. The third-order valence-electron chi connectivity index (χ3n) is 3.87. The van der Waals surface area contributed by atoms with E-state index in [1.54, 1.807) is 31.4 Å². The van der Waals surface area contributed by atoms with Crippen molar-refractivity contribution in [3.05, 3.63) is 29.8 Å². The molecule has 1 aromatic rings. The normalized spacial score (nSPS) is 15.6. The quantitative estimate of drug-likeness (QED) is 0.918. The number of carbonyl (C=O) groups is 2. The van der Waals surface area contributed by atoms with Crippen molar-refractivity contribution in [2.24, 2.45) is 5.92 Å². The minimum Gasteiger partial charge on any atom is -0.497 e. The van der Waals surface area contributed by atoms with Crippen LogP contribution in [0.1, 0.15) is 30.1 Å². The summed E-state index contributed by atoms with van der Waals surface area (Å²) in [6.45, 7) is 3.82. The molecule has 5 heteroatoms. The highest BCUT2D eigenvalue weighted by Gasteiger charge is 2.20. The minimum atomic E-state index is -0.257. The van der Waals surface area contributed by atoms with Crippen LogP contribution in [0.4, 0.5) is 0 Å². The SMILES string of the molecule is COc1cccc(C(=O)NCC(=O)N2CCC(C)CC2)c1. The maximum absolute atomic E-state index is 12.1. The van der Waals surface area contributed by atoms with E-state index < -0.39 is 0 Å². The summed E-state index contributed by atoms with van der Waals surface area (Å²) in [6, 6.07) is 6.88. The standard InChI is InChI=1S/C16H22N2O3/c1-12-6-8-18(9-7-12)15(19)11-17-16(20)13-4-3-5-14(10-13)21-2/h3-5,10,12H,6-9,11H2,1-2H3,(H,17,20). The molecule has 1 saturated heterocycles. The van der Waals surface area contributed by atoms with E-state index in [1.807, 2.05) is 4.90 Å². The number of nitrogens with zero attached hydrogens (tertiary/aromatic N) is 1. The topological polar surface area (TPSA) is 58.6 Å². The maximum atomic E-state index is 12.1. The fourth-order valence-electron chi connectivity index (χ4n) is 2.39. The highest BCUT2D eigenvalue weighted by molar-refractivity contribution is 5.96. The Morgan fingerprint density at radius 1 is 1.33 bits per heavy atom. The van der Waals surface area contributed by atoms with Crippen LogP contribution < -0.4 is 10.1 Å². The Labute approximate surface area is 125 Å². The van der Waals surface area contributed by atoms with Gasteiger partial charge in [-0.3, -0.25) is 9.59 Å². The molecule has 0 unspecified atom stereocenters. The Balaban J connectivity index is 1.84. The van der Waals surface area contributed by atoms with Crippen molar-refractivity contribution in [3.8, 4) is 5.75 Å². The van der Waals surface area contributed by atoms with E-state index in [0.29, 0.717) is 17.2 Å². The number of amides is 2. The third-order valence-corrected chi connectivity index (χ3v) is 3.87. The molecule has 0 radical (unpaired) electrons. The number of nitrogens with one attached hydrogen (secondary N) is 1. The molecule has 0 saturated carbocycles. The first-order chi connectivity index (χ1) is 10.1. The second-order valence-corrected chi connectivity index (χ2v) is 5.48. The molecule has 114 valence electrons. The van der Waals surface area contributed by atoms with Crippen LogP contribution in [-0.4, -0.2) is 43.5 Å². The summed E-state index contributed by atoms with van der Waals surface area (Å²) in [5.41, 5.74) is 0.495. The Bertz CT molecular complexity index is 508. The van der Waals surface area contributed by atoms with Crippen LogP contribution >= 0.6 is 0 Å². The monoisotopic (exact) mass is 290 g/mol. The average Bonchev–Trinajstić information content (AvgIpc) is 2.53. The van der Waals surface area contributed by atoms with Crippen molar-refractivity contribution in [1.29, 1.82) is 0 Å². The van der Waals surface area contributed by atoms with Crippen LogP contribution in [-0.2, 0) is 4.79 Å². The number of likely N-dealkylation sites (tertiary alicyclic amines) is 1. The van der Waals surface area contributed by atoms with Gasteiger partial charge in [0.25, 0.3) is 5.91 Å². The summed E-state index contributed by atoms with van der Waals surface area (Å²) in [4.78, 5) is 25.9. The van der Waals surface area contributed by atoms with E-state index >= 15 is 0 Å². The molecule has 1 heterocycles. The van der Waals surface area contributed by atoms with E-state index in [2.05, 4.69) is 12.2 Å². The number of piperidine rings is 1. The zero-order chi connectivity index (χ0) is 15.2. The van der Waals surface area contributed by atoms with Gasteiger partial charge in [0.15, 0.2) is 0 Å². The lowest BCUT2D eigenvalue weighted by molar-refractivity contribution is -0.131. The van der Waals surface area contributed by atoms with Crippen molar-refractivity contribution in [3.63, 3.8) is 0 Å². The predicted octanol–water partition coefficient (Wildman–Crippen LogP) is 1.68. The highest BCUT2D eigenvalue weighted by Crippen LogP contribution is 2.16. The molecule has 0 bridgehead atoms. The van der Waals surface area contributed by atoms with Crippen molar-refractivity contribution in [2.75, 3.05) is 26.7 Å². The van der Waals surface area contributed by atoms with Gasteiger partial charge in [0.2, 0.25) is 5.91 Å². The second kappa shape index (κ2) is 7.11. The number of methoxy groups -OCH3 is 1. The van der Waals surface area contributed by atoms with Gasteiger partial charge in [-0.25, -0.2) is 0 Å². The number of hydrogen-bond acceptors (Lipinski definition) is 3.